The Labute approximate surface area is 103 Å². The van der Waals surface area contributed by atoms with Gasteiger partial charge in [0.05, 0.1) is 5.71 Å². The van der Waals surface area contributed by atoms with E-state index in [4.69, 9.17) is 4.84 Å². The van der Waals surface area contributed by atoms with Crippen LogP contribution in [0, 0.1) is 5.92 Å². The van der Waals surface area contributed by atoms with Gasteiger partial charge in [-0.2, -0.15) is 0 Å². The summed E-state index contributed by atoms with van der Waals surface area (Å²) in [7, 11) is 0. The molecule has 2 nitrogen and oxygen atoms in total. The lowest BCUT2D eigenvalue weighted by Crippen LogP contribution is -2.37. The van der Waals surface area contributed by atoms with Gasteiger partial charge in [-0.15, -0.1) is 0 Å². The van der Waals surface area contributed by atoms with Crippen LogP contribution in [0.4, 0.5) is 0 Å². The van der Waals surface area contributed by atoms with Crippen molar-refractivity contribution in [1.29, 1.82) is 0 Å². The number of rotatable bonds is 1. The number of oxime groups is 1. The monoisotopic (exact) mass is 229 g/mol. The zero-order valence-corrected chi connectivity index (χ0v) is 10.3. The second kappa shape index (κ2) is 4.52. The van der Waals surface area contributed by atoms with Gasteiger partial charge in [-0.1, -0.05) is 41.9 Å². The summed E-state index contributed by atoms with van der Waals surface area (Å²) in [6.07, 6.45) is 5.41. The number of nitrogens with zero attached hydrogens (tertiary/aromatic N) is 1. The Kier molecular flexibility index (Phi) is 2.87. The Bertz CT molecular complexity index is 412. The van der Waals surface area contributed by atoms with Crippen LogP contribution < -0.4 is 0 Å². The molecule has 0 N–H and O–H groups in total. The van der Waals surface area contributed by atoms with Crippen molar-refractivity contribution in [2.75, 3.05) is 0 Å². The molecule has 0 spiro atoms. The lowest BCUT2D eigenvalue weighted by Gasteiger charge is -2.39. The Morgan fingerprint density at radius 2 is 1.88 bits per heavy atom. The molecule has 90 valence electrons. The molecule has 1 saturated carbocycles. The van der Waals surface area contributed by atoms with Gasteiger partial charge in [-0.25, -0.2) is 0 Å². The fourth-order valence-corrected chi connectivity index (χ4v) is 3.30. The molecule has 1 fully saturated rings. The number of hydrogen-bond acceptors (Lipinski definition) is 2. The van der Waals surface area contributed by atoms with E-state index in [1.165, 1.54) is 31.2 Å². The lowest BCUT2D eigenvalue weighted by atomic mass is 9.72. The first kappa shape index (κ1) is 10.8. The Morgan fingerprint density at radius 3 is 2.71 bits per heavy atom. The molecule has 1 aromatic carbocycles. The minimum Gasteiger partial charge on any atom is -0.392 e. The van der Waals surface area contributed by atoms with Crippen LogP contribution >= 0.6 is 0 Å². The highest BCUT2D eigenvalue weighted by atomic mass is 16.6. The fraction of sp³-hybridized carbons (Fsp3) is 0.533. The van der Waals surface area contributed by atoms with E-state index in [-0.39, 0.29) is 0 Å². The second-order valence-corrected chi connectivity index (χ2v) is 5.21. The molecule has 1 heterocycles. The van der Waals surface area contributed by atoms with Gasteiger partial charge >= 0.3 is 0 Å². The fourth-order valence-electron chi connectivity index (χ4n) is 3.30. The van der Waals surface area contributed by atoms with Crippen molar-refractivity contribution in [3.63, 3.8) is 0 Å². The van der Waals surface area contributed by atoms with Gasteiger partial charge in [0.2, 0.25) is 0 Å². The number of hydrogen-bond donors (Lipinski definition) is 0. The van der Waals surface area contributed by atoms with Gasteiger partial charge in [0.15, 0.2) is 0 Å². The average Bonchev–Trinajstić information content (AvgIpc) is 2.39. The normalized spacial score (nSPS) is 32.3. The second-order valence-electron chi connectivity index (χ2n) is 5.21. The highest BCUT2D eigenvalue weighted by Crippen LogP contribution is 2.41. The Balaban J connectivity index is 1.95. The molecule has 3 rings (SSSR count). The van der Waals surface area contributed by atoms with Crippen LogP contribution in [0.3, 0.4) is 0 Å². The van der Waals surface area contributed by atoms with E-state index in [9.17, 15) is 0 Å². The minimum absolute atomic E-state index is 0.345. The summed E-state index contributed by atoms with van der Waals surface area (Å²) in [5.41, 5.74) is 2.54. The molecule has 1 aliphatic carbocycles. The molecular formula is C15H19NO. The van der Waals surface area contributed by atoms with E-state index < -0.39 is 0 Å². The summed E-state index contributed by atoms with van der Waals surface area (Å²) < 4.78 is 0. The molecule has 0 saturated heterocycles. The van der Waals surface area contributed by atoms with Crippen molar-refractivity contribution < 1.29 is 4.84 Å². The maximum atomic E-state index is 5.63. The van der Waals surface area contributed by atoms with Crippen molar-refractivity contribution in [2.24, 2.45) is 11.1 Å². The summed E-state index contributed by atoms with van der Waals surface area (Å²) in [5, 5.41) is 4.29. The topological polar surface area (TPSA) is 21.6 Å². The van der Waals surface area contributed by atoms with Gasteiger partial charge in [0, 0.05) is 11.8 Å². The molecule has 2 heteroatoms. The molecule has 2 aliphatic rings. The van der Waals surface area contributed by atoms with E-state index in [2.05, 4.69) is 42.4 Å². The lowest BCUT2D eigenvalue weighted by molar-refractivity contribution is -0.0247. The van der Waals surface area contributed by atoms with Crippen molar-refractivity contribution in [3.05, 3.63) is 35.9 Å². The highest BCUT2D eigenvalue weighted by Gasteiger charge is 2.38. The molecule has 0 bridgehead atoms. The van der Waals surface area contributed by atoms with Gasteiger partial charge in [-0.3, -0.25) is 0 Å². The van der Waals surface area contributed by atoms with Crippen molar-refractivity contribution in [2.45, 2.75) is 44.6 Å². The standard InChI is InChI=1S/C15H19NO/c1-11-15(12-7-3-2-4-8-12)13-9-5-6-10-14(13)17-16-11/h2-4,7-8,13-15H,5-6,9-10H2,1H3/t13-,14+,15+/m1/s1. The van der Waals surface area contributed by atoms with Crippen molar-refractivity contribution in [1.82, 2.24) is 0 Å². The van der Waals surface area contributed by atoms with Crippen molar-refractivity contribution >= 4 is 5.71 Å². The first-order valence-electron chi connectivity index (χ1n) is 6.61. The summed E-state index contributed by atoms with van der Waals surface area (Å²) in [4.78, 5) is 5.63. The van der Waals surface area contributed by atoms with Gasteiger partial charge in [0.25, 0.3) is 0 Å². The van der Waals surface area contributed by atoms with Gasteiger partial charge in [0.1, 0.15) is 6.10 Å². The van der Waals surface area contributed by atoms with Crippen molar-refractivity contribution in [3.8, 4) is 0 Å². The van der Waals surface area contributed by atoms with Crippen LogP contribution in [0.15, 0.2) is 35.5 Å². The predicted octanol–water partition coefficient (Wildman–Crippen LogP) is 3.74. The van der Waals surface area contributed by atoms with Crippen LogP contribution in [0.1, 0.15) is 44.1 Å². The van der Waals surface area contributed by atoms with Crippen LogP contribution in [0.5, 0.6) is 0 Å². The summed E-state index contributed by atoms with van der Waals surface area (Å²) >= 11 is 0. The third-order valence-corrected chi connectivity index (χ3v) is 4.12. The largest absolute Gasteiger partial charge is 0.392 e. The molecule has 0 unspecified atom stereocenters. The number of benzene rings is 1. The predicted molar refractivity (Wildman–Crippen MR) is 69.1 cm³/mol. The first-order chi connectivity index (χ1) is 8.36. The minimum atomic E-state index is 0.345. The zero-order valence-electron chi connectivity index (χ0n) is 10.3. The van der Waals surface area contributed by atoms with Gasteiger partial charge < -0.3 is 4.84 Å². The Morgan fingerprint density at radius 1 is 1.12 bits per heavy atom. The molecule has 1 aliphatic heterocycles. The molecule has 17 heavy (non-hydrogen) atoms. The van der Waals surface area contributed by atoms with Crippen LogP contribution in [0.2, 0.25) is 0 Å². The first-order valence-corrected chi connectivity index (χ1v) is 6.61. The quantitative estimate of drug-likeness (QED) is 0.719. The third-order valence-electron chi connectivity index (χ3n) is 4.12. The van der Waals surface area contributed by atoms with Gasteiger partial charge in [-0.05, 0) is 31.7 Å². The average molecular weight is 229 g/mol. The maximum Gasteiger partial charge on any atom is 0.131 e. The summed E-state index contributed by atoms with van der Waals surface area (Å²) in [6, 6.07) is 10.8. The maximum absolute atomic E-state index is 5.63. The van der Waals surface area contributed by atoms with E-state index in [1.807, 2.05) is 0 Å². The zero-order chi connectivity index (χ0) is 11.7. The molecule has 0 amide bonds. The molecule has 0 radical (unpaired) electrons. The van der Waals surface area contributed by atoms with Crippen LogP contribution in [-0.4, -0.2) is 11.8 Å². The SMILES string of the molecule is CC1=NO[C@H]2CCCC[C@H]2[C@@H]1c1ccccc1. The number of fused-ring (bicyclic) bond motifs is 1. The molecule has 0 aromatic heterocycles. The summed E-state index contributed by atoms with van der Waals surface area (Å²) in [5.74, 6) is 1.10. The third kappa shape index (κ3) is 1.97. The van der Waals surface area contributed by atoms with E-state index in [0.29, 0.717) is 17.9 Å². The Hall–Kier alpha value is -1.31. The highest BCUT2D eigenvalue weighted by molar-refractivity contribution is 5.89. The molecule has 3 atom stereocenters. The summed E-state index contributed by atoms with van der Waals surface area (Å²) in [6.45, 7) is 2.10. The smallest absolute Gasteiger partial charge is 0.131 e. The molecular weight excluding hydrogens is 210 g/mol. The van der Waals surface area contributed by atoms with Crippen LogP contribution in [-0.2, 0) is 4.84 Å². The van der Waals surface area contributed by atoms with E-state index >= 15 is 0 Å². The van der Waals surface area contributed by atoms with E-state index in [0.717, 1.165) is 5.71 Å². The van der Waals surface area contributed by atoms with Crippen LogP contribution in [0.25, 0.3) is 0 Å². The molecule has 1 aromatic rings. The van der Waals surface area contributed by atoms with E-state index in [1.54, 1.807) is 0 Å².